The van der Waals surface area contributed by atoms with Crippen molar-refractivity contribution in [3.63, 3.8) is 0 Å². The predicted octanol–water partition coefficient (Wildman–Crippen LogP) is 3.52. The number of benzene rings is 1. The van der Waals surface area contributed by atoms with Crippen LogP contribution in [0.1, 0.15) is 32.6 Å². The number of anilines is 1. The molecule has 0 radical (unpaired) electrons. The second-order valence-electron chi connectivity index (χ2n) is 8.63. The predicted molar refractivity (Wildman–Crippen MR) is 121 cm³/mol. The van der Waals surface area contributed by atoms with Crippen molar-refractivity contribution >= 4 is 16.7 Å². The Morgan fingerprint density at radius 3 is 2.52 bits per heavy atom. The molecule has 4 aromatic rings. The van der Waals surface area contributed by atoms with E-state index < -0.39 is 0 Å². The Bertz CT molecular complexity index is 1170. The molecule has 8 nitrogen and oxygen atoms in total. The number of H-pyrrole nitrogens is 2. The molecule has 0 spiro atoms. The molecule has 2 aliphatic rings. The van der Waals surface area contributed by atoms with Crippen LogP contribution in [0.4, 0.5) is 5.82 Å². The van der Waals surface area contributed by atoms with Crippen molar-refractivity contribution in [3.8, 4) is 22.4 Å². The highest BCUT2D eigenvalue weighted by Gasteiger charge is 2.36. The number of hydrogen-bond acceptors (Lipinski definition) is 6. The molecule has 1 aromatic carbocycles. The monoisotopic (exact) mass is 414 g/mol. The first-order chi connectivity index (χ1) is 15.3. The van der Waals surface area contributed by atoms with Crippen LogP contribution in [0.2, 0.25) is 0 Å². The molecule has 0 amide bonds. The van der Waals surface area contributed by atoms with Gasteiger partial charge in [-0.05, 0) is 56.4 Å². The lowest BCUT2D eigenvalue weighted by Gasteiger charge is -2.37. The van der Waals surface area contributed by atoms with Crippen molar-refractivity contribution < 1.29 is 0 Å². The first kappa shape index (κ1) is 18.5. The molecule has 2 unspecified atom stereocenters. The molecule has 2 atom stereocenters. The largest absolute Gasteiger partial charge is 0.352 e. The zero-order valence-corrected chi connectivity index (χ0v) is 17.5. The van der Waals surface area contributed by atoms with E-state index >= 15 is 0 Å². The number of piperidine rings is 1. The van der Waals surface area contributed by atoms with Crippen molar-refractivity contribution in [1.29, 1.82) is 0 Å². The van der Waals surface area contributed by atoms with E-state index in [0.717, 1.165) is 45.6 Å². The van der Waals surface area contributed by atoms with Gasteiger partial charge in [-0.15, -0.1) is 10.2 Å². The van der Waals surface area contributed by atoms with E-state index in [2.05, 4.69) is 72.0 Å². The molecule has 0 saturated carbocycles. The highest BCUT2D eigenvalue weighted by atomic mass is 15.3. The molecule has 2 aliphatic heterocycles. The van der Waals surface area contributed by atoms with Crippen molar-refractivity contribution in [2.75, 3.05) is 11.4 Å². The van der Waals surface area contributed by atoms with Crippen molar-refractivity contribution in [2.24, 2.45) is 0 Å². The normalized spacial score (nSPS) is 22.8. The maximum Gasteiger partial charge on any atom is 0.151 e. The van der Waals surface area contributed by atoms with E-state index in [1.807, 2.05) is 18.6 Å². The van der Waals surface area contributed by atoms with Gasteiger partial charge in [0.05, 0.1) is 23.6 Å². The summed E-state index contributed by atoms with van der Waals surface area (Å²) in [5.74, 6) is 0.966. The fourth-order valence-corrected chi connectivity index (χ4v) is 5.41. The molecule has 2 bridgehead atoms. The number of rotatable bonds is 5. The first-order valence-electron chi connectivity index (χ1n) is 11.1. The molecule has 31 heavy (non-hydrogen) atoms. The molecule has 158 valence electrons. The van der Waals surface area contributed by atoms with E-state index in [-0.39, 0.29) is 0 Å². The molecule has 3 aromatic heterocycles. The summed E-state index contributed by atoms with van der Waals surface area (Å²) in [5.41, 5.74) is 4.93. The smallest absolute Gasteiger partial charge is 0.151 e. The summed E-state index contributed by atoms with van der Waals surface area (Å²) in [6.07, 6.45) is 10.6. The Hall–Kier alpha value is -3.26. The van der Waals surface area contributed by atoms with Crippen LogP contribution in [0.15, 0.2) is 42.9 Å². The highest BCUT2D eigenvalue weighted by molar-refractivity contribution is 6.01. The van der Waals surface area contributed by atoms with Crippen LogP contribution in [-0.2, 0) is 0 Å². The van der Waals surface area contributed by atoms with Crippen LogP contribution >= 0.6 is 0 Å². The lowest BCUT2D eigenvalue weighted by Crippen LogP contribution is -2.48. The second-order valence-corrected chi connectivity index (χ2v) is 8.63. The maximum atomic E-state index is 4.64. The summed E-state index contributed by atoms with van der Waals surface area (Å²) >= 11 is 0. The van der Waals surface area contributed by atoms with Gasteiger partial charge in [0.2, 0.25) is 0 Å². The molecule has 3 N–H and O–H groups in total. The van der Waals surface area contributed by atoms with E-state index in [1.54, 1.807) is 0 Å². The molecule has 6 rings (SSSR count). The molecule has 2 fully saturated rings. The van der Waals surface area contributed by atoms with Crippen LogP contribution in [0.3, 0.4) is 0 Å². The number of aromatic nitrogens is 6. The number of nitrogens with zero attached hydrogens (tertiary/aromatic N) is 5. The van der Waals surface area contributed by atoms with Gasteiger partial charge in [-0.1, -0.05) is 6.07 Å². The van der Waals surface area contributed by atoms with Gasteiger partial charge in [0.25, 0.3) is 0 Å². The van der Waals surface area contributed by atoms with Gasteiger partial charge in [-0.25, -0.2) is 0 Å². The summed E-state index contributed by atoms with van der Waals surface area (Å²) in [6, 6.07) is 10.2. The van der Waals surface area contributed by atoms with Crippen LogP contribution in [-0.4, -0.2) is 55.3 Å². The van der Waals surface area contributed by atoms with E-state index in [1.165, 1.54) is 25.7 Å². The number of aromatic amines is 2. The maximum absolute atomic E-state index is 4.64. The number of hydrogen-bond donors (Lipinski definition) is 3. The van der Waals surface area contributed by atoms with E-state index in [9.17, 15) is 0 Å². The number of nitrogens with one attached hydrogen (secondary N) is 3. The molecular formula is C23H26N8. The Labute approximate surface area is 180 Å². The standard InChI is InChI=1S/C23H26N8/c1-2-31(17-9-15-3-4-16(10-17)27-15)22-8-7-21(28-29-22)19-6-5-18(14-11-24-25-12-14)20-13-26-30-23(19)20/h5-8,11-13,15-17,27H,2-4,9-10H2,1H3,(H,24,25)(H,26,30). The minimum absolute atomic E-state index is 0.539. The average molecular weight is 415 g/mol. The van der Waals surface area contributed by atoms with Gasteiger partial charge < -0.3 is 10.2 Å². The SMILES string of the molecule is CCN(c1ccc(-c2ccc(-c3cn[nH]c3)c3cn[nH]c23)nn1)C1CC2CCC(C1)N2. The summed E-state index contributed by atoms with van der Waals surface area (Å²) in [6.45, 7) is 3.16. The average Bonchev–Trinajstić information content (AvgIpc) is 3.56. The summed E-state index contributed by atoms with van der Waals surface area (Å²) in [4.78, 5) is 2.43. The van der Waals surface area contributed by atoms with Crippen LogP contribution in [0.25, 0.3) is 33.3 Å². The van der Waals surface area contributed by atoms with Gasteiger partial charge in [0.1, 0.15) is 0 Å². The Morgan fingerprint density at radius 2 is 1.81 bits per heavy atom. The van der Waals surface area contributed by atoms with E-state index in [0.29, 0.717) is 18.1 Å². The van der Waals surface area contributed by atoms with Gasteiger partial charge >= 0.3 is 0 Å². The Balaban J connectivity index is 1.31. The topological polar surface area (TPSA) is 98.4 Å². The van der Waals surface area contributed by atoms with Crippen LogP contribution in [0.5, 0.6) is 0 Å². The summed E-state index contributed by atoms with van der Waals surface area (Å²) < 4.78 is 0. The van der Waals surface area contributed by atoms with E-state index in [4.69, 9.17) is 0 Å². The van der Waals surface area contributed by atoms with Crippen molar-refractivity contribution in [1.82, 2.24) is 35.9 Å². The second kappa shape index (κ2) is 7.46. The van der Waals surface area contributed by atoms with Crippen molar-refractivity contribution in [2.45, 2.75) is 50.7 Å². The third-order valence-corrected chi connectivity index (χ3v) is 6.88. The van der Waals surface area contributed by atoms with Gasteiger partial charge in [0.15, 0.2) is 5.82 Å². The van der Waals surface area contributed by atoms with Gasteiger partial charge in [-0.2, -0.15) is 10.2 Å². The van der Waals surface area contributed by atoms with Crippen LogP contribution in [0, 0.1) is 0 Å². The Kier molecular flexibility index (Phi) is 4.45. The first-order valence-corrected chi connectivity index (χ1v) is 11.1. The van der Waals surface area contributed by atoms with Crippen molar-refractivity contribution in [3.05, 3.63) is 42.9 Å². The molecule has 2 saturated heterocycles. The third kappa shape index (κ3) is 3.18. The number of fused-ring (bicyclic) bond motifs is 3. The molecule has 5 heterocycles. The molecule has 8 heteroatoms. The fraction of sp³-hybridized carbons (Fsp3) is 0.391. The van der Waals surface area contributed by atoms with Gasteiger partial charge in [-0.3, -0.25) is 10.2 Å². The van der Waals surface area contributed by atoms with Gasteiger partial charge in [0, 0.05) is 47.4 Å². The highest BCUT2D eigenvalue weighted by Crippen LogP contribution is 2.34. The lowest BCUT2D eigenvalue weighted by molar-refractivity contribution is 0.347. The molecule has 0 aliphatic carbocycles. The lowest BCUT2D eigenvalue weighted by atomic mass is 9.98. The third-order valence-electron chi connectivity index (χ3n) is 6.88. The minimum Gasteiger partial charge on any atom is -0.352 e. The Morgan fingerprint density at radius 1 is 0.968 bits per heavy atom. The fourth-order valence-electron chi connectivity index (χ4n) is 5.41. The summed E-state index contributed by atoms with van der Waals surface area (Å²) in [7, 11) is 0. The quantitative estimate of drug-likeness (QED) is 0.462. The zero-order valence-electron chi connectivity index (χ0n) is 17.5. The van der Waals surface area contributed by atoms with Crippen LogP contribution < -0.4 is 10.2 Å². The summed E-state index contributed by atoms with van der Waals surface area (Å²) in [5, 5.41) is 28.4. The molecular weight excluding hydrogens is 388 g/mol. The minimum atomic E-state index is 0.539. The zero-order chi connectivity index (χ0) is 20.8.